The van der Waals surface area contributed by atoms with E-state index >= 15 is 0 Å². The van der Waals surface area contributed by atoms with Crippen molar-refractivity contribution in [2.75, 3.05) is 13.2 Å². The van der Waals surface area contributed by atoms with Crippen molar-refractivity contribution in [3.05, 3.63) is 0 Å². The van der Waals surface area contributed by atoms with E-state index in [1.807, 2.05) is 20.8 Å². The summed E-state index contributed by atoms with van der Waals surface area (Å²) in [6, 6.07) is 0.104. The zero-order chi connectivity index (χ0) is 13.3. The molecule has 0 unspecified atom stereocenters. The summed E-state index contributed by atoms with van der Waals surface area (Å²) in [6.45, 7) is 6.96. The maximum Gasteiger partial charge on any atom is 0.348 e. The molecule has 2 aliphatic rings. The minimum atomic E-state index is -0.765. The molecule has 0 aromatic heterocycles. The lowest BCUT2D eigenvalue weighted by molar-refractivity contribution is -0.167. The second-order valence-corrected chi connectivity index (χ2v) is 5.90. The van der Waals surface area contributed by atoms with Gasteiger partial charge in [0.15, 0.2) is 0 Å². The second kappa shape index (κ2) is 4.88. The van der Waals surface area contributed by atoms with Gasteiger partial charge in [-0.15, -0.1) is 0 Å². The van der Waals surface area contributed by atoms with Gasteiger partial charge in [0.25, 0.3) is 0 Å². The van der Waals surface area contributed by atoms with E-state index in [2.05, 4.69) is 5.32 Å². The Labute approximate surface area is 107 Å². The normalized spacial score (nSPS) is 35.1. The number of hydrogen-bond donors (Lipinski definition) is 1. The topological polar surface area (TPSA) is 64.6 Å². The summed E-state index contributed by atoms with van der Waals surface area (Å²) < 4.78 is 10.4. The highest BCUT2D eigenvalue weighted by Gasteiger charge is 2.47. The Balaban J connectivity index is 2.00. The summed E-state index contributed by atoms with van der Waals surface area (Å²) in [4.78, 5) is 23.7. The van der Waals surface area contributed by atoms with Crippen LogP contribution in [0, 0.1) is 11.3 Å². The van der Waals surface area contributed by atoms with Crippen LogP contribution < -0.4 is 5.32 Å². The van der Waals surface area contributed by atoms with Crippen LogP contribution in [-0.2, 0) is 19.1 Å². The number of carbonyl (C=O) groups excluding carboxylic acids is 2. The van der Waals surface area contributed by atoms with Crippen molar-refractivity contribution >= 4 is 11.9 Å². The smallest absolute Gasteiger partial charge is 0.348 e. The molecule has 2 heterocycles. The second-order valence-electron chi connectivity index (χ2n) is 5.90. The summed E-state index contributed by atoms with van der Waals surface area (Å²) in [5.41, 5.74) is -0.432. The third kappa shape index (κ3) is 2.51. The average Bonchev–Trinajstić information content (AvgIpc) is 2.56. The first-order chi connectivity index (χ1) is 8.42. The summed E-state index contributed by atoms with van der Waals surface area (Å²) in [5, 5.41) is 3.25. The molecule has 0 amide bonds. The Kier molecular flexibility index (Phi) is 3.61. The molecule has 0 radical (unpaired) electrons. The molecule has 2 aliphatic heterocycles. The molecule has 0 aromatic carbocycles. The summed E-state index contributed by atoms with van der Waals surface area (Å²) in [7, 11) is 0. The van der Waals surface area contributed by atoms with E-state index in [-0.39, 0.29) is 17.9 Å². The zero-order valence-electron chi connectivity index (χ0n) is 11.2. The number of ether oxygens (including phenoxy) is 2. The molecule has 1 N–H and O–H groups in total. The molecule has 2 fully saturated rings. The monoisotopic (exact) mass is 255 g/mol. The first kappa shape index (κ1) is 13.3. The standard InChI is InChI=1S/C13H21NO4/c1-8-9(5-4-6-14-8)11(15)18-10-12(16)17-7-13(10,2)3/h8-10,14H,4-7H2,1-3H3/t8-,9+,10-/m0/s1. The number of rotatable bonds is 2. The molecule has 102 valence electrons. The van der Waals surface area contributed by atoms with Gasteiger partial charge >= 0.3 is 11.9 Å². The van der Waals surface area contributed by atoms with Crippen LogP contribution in [0.5, 0.6) is 0 Å². The van der Waals surface area contributed by atoms with Crippen molar-refractivity contribution in [3.63, 3.8) is 0 Å². The number of cyclic esters (lactones) is 1. The van der Waals surface area contributed by atoms with E-state index < -0.39 is 17.5 Å². The van der Waals surface area contributed by atoms with E-state index in [9.17, 15) is 9.59 Å². The van der Waals surface area contributed by atoms with Gasteiger partial charge in [-0.1, -0.05) is 13.8 Å². The van der Waals surface area contributed by atoms with Gasteiger partial charge in [0.2, 0.25) is 6.10 Å². The maximum atomic E-state index is 12.1. The number of nitrogens with one attached hydrogen (secondary N) is 1. The third-order valence-corrected chi connectivity index (χ3v) is 3.81. The first-order valence-electron chi connectivity index (χ1n) is 6.52. The van der Waals surface area contributed by atoms with Gasteiger partial charge in [0.1, 0.15) is 6.61 Å². The van der Waals surface area contributed by atoms with Gasteiger partial charge < -0.3 is 14.8 Å². The van der Waals surface area contributed by atoms with Crippen LogP contribution >= 0.6 is 0 Å². The molecule has 0 saturated carbocycles. The van der Waals surface area contributed by atoms with E-state index in [0.717, 1.165) is 19.4 Å². The van der Waals surface area contributed by atoms with E-state index in [0.29, 0.717) is 6.61 Å². The summed E-state index contributed by atoms with van der Waals surface area (Å²) in [5.74, 6) is -0.876. The van der Waals surface area contributed by atoms with Gasteiger partial charge in [0.05, 0.1) is 5.92 Å². The van der Waals surface area contributed by atoms with Gasteiger partial charge in [-0.25, -0.2) is 4.79 Å². The van der Waals surface area contributed by atoms with Crippen LogP contribution in [0.3, 0.4) is 0 Å². The first-order valence-corrected chi connectivity index (χ1v) is 6.52. The maximum absolute atomic E-state index is 12.1. The van der Waals surface area contributed by atoms with Crippen molar-refractivity contribution in [3.8, 4) is 0 Å². The molecular weight excluding hydrogens is 234 g/mol. The van der Waals surface area contributed by atoms with Gasteiger partial charge in [-0.2, -0.15) is 0 Å². The van der Waals surface area contributed by atoms with Crippen LogP contribution in [-0.4, -0.2) is 37.2 Å². The predicted molar refractivity (Wildman–Crippen MR) is 64.8 cm³/mol. The Hall–Kier alpha value is -1.10. The summed E-state index contributed by atoms with van der Waals surface area (Å²) >= 11 is 0. The SMILES string of the molecule is C[C@@H]1NCCC[C@H]1C(=O)O[C@H]1C(=O)OCC1(C)C. The fourth-order valence-electron chi connectivity index (χ4n) is 2.50. The van der Waals surface area contributed by atoms with Crippen molar-refractivity contribution < 1.29 is 19.1 Å². The van der Waals surface area contributed by atoms with Crippen LogP contribution in [0.1, 0.15) is 33.6 Å². The Bertz CT molecular complexity index is 353. The van der Waals surface area contributed by atoms with Crippen LogP contribution in [0.2, 0.25) is 0 Å². The molecule has 0 aromatic rings. The highest BCUT2D eigenvalue weighted by atomic mass is 16.6. The quantitative estimate of drug-likeness (QED) is 0.742. The fraction of sp³-hybridized carbons (Fsp3) is 0.846. The van der Waals surface area contributed by atoms with Crippen molar-refractivity contribution in [1.82, 2.24) is 5.32 Å². The predicted octanol–water partition coefficient (Wildman–Crippen LogP) is 0.869. The molecule has 3 atom stereocenters. The van der Waals surface area contributed by atoms with Crippen LogP contribution in [0.15, 0.2) is 0 Å². The molecule has 0 spiro atoms. The van der Waals surface area contributed by atoms with Gasteiger partial charge in [0, 0.05) is 11.5 Å². The van der Waals surface area contributed by atoms with Crippen molar-refractivity contribution in [2.45, 2.75) is 45.8 Å². The lowest BCUT2D eigenvalue weighted by Crippen LogP contribution is -2.45. The van der Waals surface area contributed by atoms with Gasteiger partial charge in [-0.3, -0.25) is 4.79 Å². The molecule has 18 heavy (non-hydrogen) atoms. The van der Waals surface area contributed by atoms with Gasteiger partial charge in [-0.05, 0) is 26.3 Å². The number of piperidine rings is 1. The zero-order valence-corrected chi connectivity index (χ0v) is 11.2. The Morgan fingerprint density at radius 3 is 2.78 bits per heavy atom. The van der Waals surface area contributed by atoms with E-state index in [1.54, 1.807) is 0 Å². The minimum Gasteiger partial charge on any atom is -0.462 e. The number of hydrogen-bond acceptors (Lipinski definition) is 5. The van der Waals surface area contributed by atoms with Crippen molar-refractivity contribution in [2.24, 2.45) is 11.3 Å². The molecule has 0 bridgehead atoms. The largest absolute Gasteiger partial charge is 0.462 e. The highest BCUT2D eigenvalue weighted by molar-refractivity contribution is 5.82. The summed E-state index contributed by atoms with van der Waals surface area (Å²) in [6.07, 6.45) is 1.01. The Morgan fingerprint density at radius 1 is 1.50 bits per heavy atom. The average molecular weight is 255 g/mol. The lowest BCUT2D eigenvalue weighted by atomic mass is 9.88. The number of carbonyl (C=O) groups is 2. The molecule has 2 rings (SSSR count). The lowest BCUT2D eigenvalue weighted by Gasteiger charge is -2.30. The van der Waals surface area contributed by atoms with Crippen LogP contribution in [0.25, 0.3) is 0 Å². The third-order valence-electron chi connectivity index (χ3n) is 3.81. The van der Waals surface area contributed by atoms with E-state index in [4.69, 9.17) is 9.47 Å². The highest BCUT2D eigenvalue weighted by Crippen LogP contribution is 2.32. The minimum absolute atomic E-state index is 0.104. The molecular formula is C13H21NO4. The molecule has 0 aliphatic carbocycles. The number of esters is 2. The van der Waals surface area contributed by atoms with E-state index in [1.165, 1.54) is 0 Å². The van der Waals surface area contributed by atoms with Crippen molar-refractivity contribution in [1.29, 1.82) is 0 Å². The van der Waals surface area contributed by atoms with Crippen LogP contribution in [0.4, 0.5) is 0 Å². The fourth-order valence-corrected chi connectivity index (χ4v) is 2.50. The molecule has 2 saturated heterocycles. The molecule has 5 heteroatoms. The molecule has 5 nitrogen and oxygen atoms in total. The Morgan fingerprint density at radius 2 is 2.22 bits per heavy atom.